The maximum atomic E-state index is 9.90. The van der Waals surface area contributed by atoms with Crippen molar-refractivity contribution in [3.05, 3.63) is 28.8 Å². The number of carbonyl (C=O) groups is 1. The minimum atomic E-state index is -0.0330. The van der Waals surface area contributed by atoms with Crippen LogP contribution >= 0.6 is 11.6 Å². The molecule has 0 aliphatic heterocycles. The van der Waals surface area contributed by atoms with Crippen LogP contribution in [0.2, 0.25) is 5.02 Å². The Kier molecular flexibility index (Phi) is 2.73. The molecule has 1 aromatic carbocycles. The number of aldehydes is 1. The molecule has 0 amide bonds. The molecule has 12 heavy (non-hydrogen) atoms. The second kappa shape index (κ2) is 3.80. The lowest BCUT2D eigenvalue weighted by Crippen LogP contribution is -1.77. The van der Waals surface area contributed by atoms with Crippen LogP contribution in [0.5, 0.6) is 5.75 Å². The van der Waals surface area contributed by atoms with E-state index in [2.05, 4.69) is 11.8 Å². The molecule has 3 heteroatoms. The van der Waals surface area contributed by atoms with Gasteiger partial charge in [0, 0.05) is 5.56 Å². The molecule has 0 atom stereocenters. The molecule has 0 aliphatic carbocycles. The number of rotatable bonds is 0. The molecule has 0 fully saturated rings. The smallest absolute Gasteiger partial charge is 0.193 e. The number of carbonyl (C=O) groups excluding carboxylic acids is 1. The molecule has 0 saturated heterocycles. The topological polar surface area (TPSA) is 37.3 Å². The number of hydrogen-bond acceptors (Lipinski definition) is 2. The maximum absolute atomic E-state index is 9.90. The highest BCUT2D eigenvalue weighted by atomic mass is 35.5. The van der Waals surface area contributed by atoms with Crippen LogP contribution in [0.1, 0.15) is 5.56 Å². The Bertz CT molecular complexity index is 361. The van der Waals surface area contributed by atoms with Gasteiger partial charge in [-0.15, -0.1) is 0 Å². The second-order valence-electron chi connectivity index (χ2n) is 2.03. The van der Waals surface area contributed by atoms with Gasteiger partial charge in [0.2, 0.25) is 0 Å². The quantitative estimate of drug-likeness (QED) is 0.486. The van der Waals surface area contributed by atoms with Crippen molar-refractivity contribution in [3.8, 4) is 17.6 Å². The van der Waals surface area contributed by atoms with Crippen molar-refractivity contribution >= 4 is 17.9 Å². The van der Waals surface area contributed by atoms with E-state index in [0.717, 1.165) is 0 Å². The van der Waals surface area contributed by atoms with Gasteiger partial charge >= 0.3 is 0 Å². The Morgan fingerprint density at radius 2 is 2.25 bits per heavy atom. The van der Waals surface area contributed by atoms with Gasteiger partial charge in [-0.3, -0.25) is 4.79 Å². The molecule has 0 radical (unpaired) electrons. The summed E-state index contributed by atoms with van der Waals surface area (Å²) in [6.45, 7) is 0. The summed E-state index contributed by atoms with van der Waals surface area (Å²) < 4.78 is 0. The highest BCUT2D eigenvalue weighted by molar-refractivity contribution is 6.33. The van der Waals surface area contributed by atoms with Gasteiger partial charge in [-0.05, 0) is 18.1 Å². The molecule has 0 bridgehead atoms. The molecular weight excluding hydrogens is 176 g/mol. The lowest BCUT2D eigenvalue weighted by atomic mass is 10.2. The molecular formula is C9H5ClO2. The zero-order chi connectivity index (χ0) is 8.97. The van der Waals surface area contributed by atoms with Crippen LogP contribution in [0, 0.1) is 11.8 Å². The number of benzene rings is 1. The van der Waals surface area contributed by atoms with Gasteiger partial charge in [0.15, 0.2) is 6.29 Å². The van der Waals surface area contributed by atoms with Gasteiger partial charge in [-0.2, -0.15) is 0 Å². The van der Waals surface area contributed by atoms with Crippen molar-refractivity contribution in [1.29, 1.82) is 0 Å². The molecule has 0 aromatic heterocycles. The van der Waals surface area contributed by atoms with Crippen LogP contribution in [0.25, 0.3) is 0 Å². The van der Waals surface area contributed by atoms with Crippen LogP contribution in [0.3, 0.4) is 0 Å². The molecule has 0 unspecified atom stereocenters. The van der Waals surface area contributed by atoms with Crippen LogP contribution in [0.15, 0.2) is 18.2 Å². The predicted octanol–water partition coefficient (Wildman–Crippen LogP) is 1.60. The lowest BCUT2D eigenvalue weighted by molar-refractivity contribution is -0.103. The van der Waals surface area contributed by atoms with Gasteiger partial charge in [0.1, 0.15) is 5.75 Å². The van der Waals surface area contributed by atoms with Gasteiger partial charge in [0.25, 0.3) is 0 Å². The highest BCUT2D eigenvalue weighted by Crippen LogP contribution is 2.25. The highest BCUT2D eigenvalue weighted by Gasteiger charge is 2.00. The Labute approximate surface area is 74.8 Å². The first-order chi connectivity index (χ1) is 5.75. The number of aromatic hydroxyl groups is 1. The van der Waals surface area contributed by atoms with E-state index in [1.165, 1.54) is 6.07 Å². The molecule has 0 saturated carbocycles. The van der Waals surface area contributed by atoms with Gasteiger partial charge in [-0.1, -0.05) is 23.6 Å². The van der Waals surface area contributed by atoms with E-state index in [0.29, 0.717) is 11.8 Å². The Hall–Kier alpha value is -1.46. The van der Waals surface area contributed by atoms with Crippen LogP contribution in [-0.2, 0) is 4.79 Å². The number of phenolic OH excluding ortho intramolecular Hbond substituents is 1. The van der Waals surface area contributed by atoms with E-state index in [-0.39, 0.29) is 10.8 Å². The van der Waals surface area contributed by atoms with E-state index in [1.54, 1.807) is 12.1 Å². The van der Waals surface area contributed by atoms with Crippen molar-refractivity contribution < 1.29 is 9.90 Å². The van der Waals surface area contributed by atoms with E-state index in [1.807, 2.05) is 0 Å². The summed E-state index contributed by atoms with van der Waals surface area (Å²) in [5.74, 6) is 4.67. The van der Waals surface area contributed by atoms with Gasteiger partial charge in [-0.25, -0.2) is 0 Å². The average Bonchev–Trinajstić information content (AvgIpc) is 2.08. The molecule has 1 aromatic rings. The molecule has 2 nitrogen and oxygen atoms in total. The number of hydrogen-bond donors (Lipinski definition) is 1. The maximum Gasteiger partial charge on any atom is 0.193 e. The fourth-order valence-electron chi connectivity index (χ4n) is 0.724. The first-order valence-corrected chi connectivity index (χ1v) is 3.56. The average molecular weight is 181 g/mol. The molecule has 0 heterocycles. The SMILES string of the molecule is O=CC#Cc1cccc(O)c1Cl. The fraction of sp³-hybridized carbons (Fsp3) is 0. The Morgan fingerprint density at radius 1 is 1.50 bits per heavy atom. The summed E-state index contributed by atoms with van der Waals surface area (Å²) >= 11 is 5.66. The monoisotopic (exact) mass is 180 g/mol. The van der Waals surface area contributed by atoms with Crippen molar-refractivity contribution in [2.24, 2.45) is 0 Å². The first-order valence-electron chi connectivity index (χ1n) is 3.18. The fourth-order valence-corrected chi connectivity index (χ4v) is 0.897. The van der Waals surface area contributed by atoms with Crippen molar-refractivity contribution in [2.75, 3.05) is 0 Å². The standard InChI is InChI=1S/C9H5ClO2/c10-9-7(4-2-6-11)3-1-5-8(9)12/h1,3,5-6,12H. The Morgan fingerprint density at radius 3 is 2.92 bits per heavy atom. The number of phenols is 1. The van der Waals surface area contributed by atoms with Crippen molar-refractivity contribution in [3.63, 3.8) is 0 Å². The van der Waals surface area contributed by atoms with Gasteiger partial charge < -0.3 is 5.11 Å². The molecule has 1 rings (SSSR count). The zero-order valence-electron chi connectivity index (χ0n) is 6.04. The lowest BCUT2D eigenvalue weighted by Gasteiger charge is -1.96. The third-order valence-corrected chi connectivity index (χ3v) is 1.64. The third-order valence-electron chi connectivity index (χ3n) is 1.24. The van der Waals surface area contributed by atoms with E-state index >= 15 is 0 Å². The summed E-state index contributed by atoms with van der Waals surface area (Å²) in [4.78, 5) is 9.90. The molecule has 0 spiro atoms. The van der Waals surface area contributed by atoms with E-state index in [4.69, 9.17) is 16.7 Å². The zero-order valence-corrected chi connectivity index (χ0v) is 6.80. The third kappa shape index (κ3) is 1.77. The first kappa shape index (κ1) is 8.63. The number of halogens is 1. The van der Waals surface area contributed by atoms with E-state index < -0.39 is 0 Å². The predicted molar refractivity (Wildman–Crippen MR) is 46.1 cm³/mol. The van der Waals surface area contributed by atoms with Crippen molar-refractivity contribution in [1.82, 2.24) is 0 Å². The second-order valence-corrected chi connectivity index (χ2v) is 2.40. The van der Waals surface area contributed by atoms with E-state index in [9.17, 15) is 4.79 Å². The Balaban J connectivity index is 3.16. The summed E-state index contributed by atoms with van der Waals surface area (Å²) in [6.07, 6.45) is 0.473. The van der Waals surface area contributed by atoms with Crippen LogP contribution in [-0.4, -0.2) is 11.4 Å². The van der Waals surface area contributed by atoms with Crippen molar-refractivity contribution in [2.45, 2.75) is 0 Å². The minimum absolute atomic E-state index is 0.0330. The normalized spacial score (nSPS) is 8.42. The largest absolute Gasteiger partial charge is 0.506 e. The molecule has 1 N–H and O–H groups in total. The summed E-state index contributed by atoms with van der Waals surface area (Å²) in [5, 5.41) is 9.28. The minimum Gasteiger partial charge on any atom is -0.506 e. The summed E-state index contributed by atoms with van der Waals surface area (Å²) in [6, 6.07) is 4.68. The summed E-state index contributed by atoms with van der Waals surface area (Å²) in [5.41, 5.74) is 0.448. The van der Waals surface area contributed by atoms with Crippen LogP contribution in [0.4, 0.5) is 0 Å². The summed E-state index contributed by atoms with van der Waals surface area (Å²) in [7, 11) is 0. The van der Waals surface area contributed by atoms with Crippen LogP contribution < -0.4 is 0 Å². The molecule has 60 valence electrons. The molecule has 0 aliphatic rings. The van der Waals surface area contributed by atoms with Gasteiger partial charge in [0.05, 0.1) is 5.02 Å².